The zero-order valence-electron chi connectivity index (χ0n) is 8.40. The van der Waals surface area contributed by atoms with Crippen molar-refractivity contribution in [2.45, 2.75) is 13.0 Å². The number of rotatable bonds is 3. The molecule has 0 spiro atoms. The van der Waals surface area contributed by atoms with E-state index >= 15 is 0 Å². The fourth-order valence-corrected chi connectivity index (χ4v) is 2.34. The number of fused-ring (bicyclic) bond motifs is 1. The van der Waals surface area contributed by atoms with Crippen LogP contribution in [0, 0.1) is 6.92 Å². The van der Waals surface area contributed by atoms with Crippen molar-refractivity contribution in [3.05, 3.63) is 23.2 Å². The van der Waals surface area contributed by atoms with Gasteiger partial charge in [-0.15, -0.1) is 11.3 Å². The molecule has 78 valence electrons. The first-order valence-corrected chi connectivity index (χ1v) is 5.75. The molecule has 0 N–H and O–H groups in total. The summed E-state index contributed by atoms with van der Waals surface area (Å²) in [6.45, 7) is 3.47. The summed E-state index contributed by atoms with van der Waals surface area (Å²) < 4.78 is 12.0. The number of aryl methyl sites for hydroxylation is 1. The summed E-state index contributed by atoms with van der Waals surface area (Å²) in [6, 6.07) is 6.04. The van der Waals surface area contributed by atoms with E-state index in [1.807, 2.05) is 19.1 Å². The topological polar surface area (TPSA) is 34.6 Å². The van der Waals surface area contributed by atoms with Gasteiger partial charge in [-0.05, 0) is 19.1 Å². The minimum Gasteiger partial charge on any atom is -0.488 e. The molecule has 4 heteroatoms. The molecule has 1 fully saturated rings. The van der Waals surface area contributed by atoms with Gasteiger partial charge in [0.15, 0.2) is 0 Å². The average molecular weight is 221 g/mol. The quantitative estimate of drug-likeness (QED) is 0.746. The van der Waals surface area contributed by atoms with Crippen LogP contribution in [0.3, 0.4) is 0 Å². The van der Waals surface area contributed by atoms with Gasteiger partial charge in [-0.2, -0.15) is 0 Å². The van der Waals surface area contributed by atoms with Crippen LogP contribution in [0.5, 0.6) is 5.75 Å². The highest BCUT2D eigenvalue weighted by Crippen LogP contribution is 2.29. The molecule has 1 aliphatic heterocycles. The fraction of sp³-hybridized carbons (Fsp3) is 0.364. The van der Waals surface area contributed by atoms with Crippen molar-refractivity contribution < 1.29 is 9.47 Å². The molecule has 0 amide bonds. The molecule has 2 heterocycles. The minimum atomic E-state index is 0.292. The molecule has 3 rings (SSSR count). The van der Waals surface area contributed by atoms with Crippen LogP contribution in [0.4, 0.5) is 0 Å². The number of ether oxygens (including phenoxy) is 2. The number of nitrogens with zero attached hydrogens (tertiary/aromatic N) is 1. The number of hydrogen-bond acceptors (Lipinski definition) is 4. The Bertz CT molecular complexity index is 490. The highest BCUT2D eigenvalue weighted by molar-refractivity contribution is 7.18. The van der Waals surface area contributed by atoms with Crippen molar-refractivity contribution in [2.24, 2.45) is 0 Å². The van der Waals surface area contributed by atoms with Crippen molar-refractivity contribution >= 4 is 21.6 Å². The zero-order valence-corrected chi connectivity index (χ0v) is 9.21. The molecule has 1 unspecified atom stereocenters. The predicted molar refractivity (Wildman–Crippen MR) is 59.6 cm³/mol. The maximum atomic E-state index is 5.68. The molecule has 15 heavy (non-hydrogen) atoms. The van der Waals surface area contributed by atoms with E-state index in [9.17, 15) is 0 Å². The van der Waals surface area contributed by atoms with E-state index in [-0.39, 0.29) is 0 Å². The monoisotopic (exact) mass is 221 g/mol. The minimum absolute atomic E-state index is 0.292. The predicted octanol–water partition coefficient (Wildman–Crippen LogP) is 2.38. The normalized spacial score (nSPS) is 19.4. The van der Waals surface area contributed by atoms with E-state index in [1.165, 1.54) is 4.70 Å². The van der Waals surface area contributed by atoms with Gasteiger partial charge in [-0.3, -0.25) is 0 Å². The summed E-state index contributed by atoms with van der Waals surface area (Å²) in [5.74, 6) is 0.868. The SMILES string of the molecule is Cc1nc2c(OCC3CO3)cccc2s1. The maximum Gasteiger partial charge on any atom is 0.146 e. The van der Waals surface area contributed by atoms with Gasteiger partial charge >= 0.3 is 0 Å². The Morgan fingerprint density at radius 3 is 3.27 bits per heavy atom. The molecule has 0 radical (unpaired) electrons. The van der Waals surface area contributed by atoms with Gasteiger partial charge in [0.2, 0.25) is 0 Å². The van der Waals surface area contributed by atoms with Gasteiger partial charge in [-0.25, -0.2) is 4.98 Å². The van der Waals surface area contributed by atoms with E-state index < -0.39 is 0 Å². The van der Waals surface area contributed by atoms with Gasteiger partial charge in [0.05, 0.1) is 16.3 Å². The number of thiazole rings is 1. The average Bonchev–Trinajstić information content (AvgIpc) is 2.96. The van der Waals surface area contributed by atoms with E-state index in [4.69, 9.17) is 9.47 Å². The van der Waals surface area contributed by atoms with Crippen molar-refractivity contribution in [3.8, 4) is 5.75 Å². The summed E-state index contributed by atoms with van der Waals surface area (Å²) in [6.07, 6.45) is 0.292. The summed E-state index contributed by atoms with van der Waals surface area (Å²) in [5.41, 5.74) is 0.973. The molecule has 1 saturated heterocycles. The summed E-state index contributed by atoms with van der Waals surface area (Å²) in [5, 5.41) is 1.07. The second-order valence-corrected chi connectivity index (χ2v) is 4.84. The van der Waals surface area contributed by atoms with Gasteiger partial charge in [0.1, 0.15) is 24.0 Å². The van der Waals surface area contributed by atoms with Crippen molar-refractivity contribution in [1.82, 2.24) is 4.98 Å². The van der Waals surface area contributed by atoms with Crippen molar-refractivity contribution in [2.75, 3.05) is 13.2 Å². The zero-order chi connectivity index (χ0) is 10.3. The second kappa shape index (κ2) is 3.47. The number of benzene rings is 1. The summed E-state index contributed by atoms with van der Waals surface area (Å²) in [7, 11) is 0. The molecule has 1 aliphatic rings. The van der Waals surface area contributed by atoms with E-state index in [1.54, 1.807) is 11.3 Å². The van der Waals surface area contributed by atoms with Crippen LogP contribution in [0.15, 0.2) is 18.2 Å². The number of aromatic nitrogens is 1. The highest BCUT2D eigenvalue weighted by Gasteiger charge is 2.23. The van der Waals surface area contributed by atoms with Crippen molar-refractivity contribution in [3.63, 3.8) is 0 Å². The molecule has 1 atom stereocenters. The third kappa shape index (κ3) is 1.82. The van der Waals surface area contributed by atoms with Crippen molar-refractivity contribution in [1.29, 1.82) is 0 Å². The van der Waals surface area contributed by atoms with E-state index in [0.29, 0.717) is 12.7 Å². The third-order valence-corrected chi connectivity index (χ3v) is 3.25. The standard InChI is InChI=1S/C11H11NO2S/c1-7-12-11-9(14-6-8-5-13-8)3-2-4-10(11)15-7/h2-4,8H,5-6H2,1H3. The molecule has 0 aliphatic carbocycles. The summed E-state index contributed by atoms with van der Waals surface area (Å²) in [4.78, 5) is 4.46. The van der Waals surface area contributed by atoms with E-state index in [0.717, 1.165) is 22.9 Å². The van der Waals surface area contributed by atoms with Crippen LogP contribution in [-0.4, -0.2) is 24.3 Å². The fourth-order valence-electron chi connectivity index (χ4n) is 1.50. The highest BCUT2D eigenvalue weighted by atomic mass is 32.1. The largest absolute Gasteiger partial charge is 0.488 e. The Morgan fingerprint density at radius 2 is 2.47 bits per heavy atom. The maximum absolute atomic E-state index is 5.68. The van der Waals surface area contributed by atoms with Gasteiger partial charge in [0, 0.05) is 0 Å². The Kier molecular flexibility index (Phi) is 2.11. The molecule has 1 aromatic heterocycles. The molecule has 2 aromatic rings. The lowest BCUT2D eigenvalue weighted by atomic mass is 10.3. The van der Waals surface area contributed by atoms with Crippen LogP contribution in [0.1, 0.15) is 5.01 Å². The molecular formula is C11H11NO2S. The Labute approximate surface area is 91.7 Å². The lowest BCUT2D eigenvalue weighted by Crippen LogP contribution is -2.04. The number of para-hydroxylation sites is 1. The lowest BCUT2D eigenvalue weighted by molar-refractivity contribution is 0.265. The van der Waals surface area contributed by atoms with Crippen LogP contribution < -0.4 is 4.74 Å². The molecule has 1 aromatic carbocycles. The number of hydrogen-bond donors (Lipinski definition) is 0. The first kappa shape index (κ1) is 9.12. The molecule has 0 saturated carbocycles. The molecule has 0 bridgehead atoms. The van der Waals surface area contributed by atoms with Gasteiger partial charge < -0.3 is 9.47 Å². The van der Waals surface area contributed by atoms with Crippen LogP contribution in [0.2, 0.25) is 0 Å². The van der Waals surface area contributed by atoms with Crippen LogP contribution >= 0.6 is 11.3 Å². The van der Waals surface area contributed by atoms with Gasteiger partial charge in [0.25, 0.3) is 0 Å². The Hall–Kier alpha value is -1.13. The molecule has 3 nitrogen and oxygen atoms in total. The Balaban J connectivity index is 1.93. The number of epoxide rings is 1. The first-order valence-electron chi connectivity index (χ1n) is 4.93. The van der Waals surface area contributed by atoms with Gasteiger partial charge in [-0.1, -0.05) is 6.07 Å². The molecular weight excluding hydrogens is 210 g/mol. The lowest BCUT2D eigenvalue weighted by Gasteiger charge is -2.03. The van der Waals surface area contributed by atoms with Crippen LogP contribution in [-0.2, 0) is 4.74 Å². The second-order valence-electron chi connectivity index (χ2n) is 3.60. The first-order chi connectivity index (χ1) is 7.33. The van der Waals surface area contributed by atoms with E-state index in [2.05, 4.69) is 11.1 Å². The summed E-state index contributed by atoms with van der Waals surface area (Å²) >= 11 is 1.69. The Morgan fingerprint density at radius 1 is 1.60 bits per heavy atom. The third-order valence-electron chi connectivity index (χ3n) is 2.32. The smallest absolute Gasteiger partial charge is 0.146 e. The van der Waals surface area contributed by atoms with Crippen LogP contribution in [0.25, 0.3) is 10.2 Å².